The van der Waals surface area contributed by atoms with Crippen molar-refractivity contribution in [2.75, 3.05) is 20.2 Å². The minimum absolute atomic E-state index is 0.00322. The molecule has 6 nitrogen and oxygen atoms in total. The number of pyridine rings is 1. The Balaban J connectivity index is 1.48. The highest BCUT2D eigenvalue weighted by molar-refractivity contribution is 5.99. The van der Waals surface area contributed by atoms with E-state index in [1.807, 2.05) is 30.8 Å². The molecule has 1 amide bonds. The van der Waals surface area contributed by atoms with Crippen molar-refractivity contribution in [1.82, 2.24) is 19.4 Å². The van der Waals surface area contributed by atoms with Crippen LogP contribution >= 0.6 is 0 Å². The van der Waals surface area contributed by atoms with Gasteiger partial charge < -0.3 is 14.6 Å². The summed E-state index contributed by atoms with van der Waals surface area (Å²) in [4.78, 5) is 21.8. The molecule has 5 rings (SSSR count). The van der Waals surface area contributed by atoms with Crippen LogP contribution in [-0.4, -0.2) is 68.7 Å². The van der Waals surface area contributed by atoms with Crippen LogP contribution in [0.15, 0.2) is 42.9 Å². The number of carbonyl (C=O) groups is 1. The number of fused-ring (bicyclic) bond motifs is 1. The summed E-state index contributed by atoms with van der Waals surface area (Å²) >= 11 is 0. The molecule has 2 aromatic heterocycles. The van der Waals surface area contributed by atoms with Crippen molar-refractivity contribution in [1.29, 1.82) is 0 Å². The number of benzene rings is 1. The number of nitrogens with zero attached hydrogens (tertiary/aromatic N) is 4. The molecule has 3 aromatic rings. The minimum Gasteiger partial charge on any atom is -0.395 e. The standard InChI is InChI=1S/C29H37FN4O2/c1-19(2)32(3)29(36)25-15-21(30)8-11-27(25)34-17-26(24-12-13-31-16-28(24)34)20-6-9-22(10-7-20)33-14-4-5-23(33)18-35/h8,11-13,15-17,19-20,22-23,35H,4-7,9-10,14,18H2,1-3H3/t20?,22?,23-/m1/s1. The summed E-state index contributed by atoms with van der Waals surface area (Å²) in [7, 11) is 1.75. The number of hydrogen-bond donors (Lipinski definition) is 1. The zero-order valence-electron chi connectivity index (χ0n) is 21.5. The van der Waals surface area contributed by atoms with Crippen molar-refractivity contribution in [3.63, 3.8) is 0 Å². The molecule has 3 heterocycles. The topological polar surface area (TPSA) is 61.6 Å². The zero-order chi connectivity index (χ0) is 25.4. The lowest BCUT2D eigenvalue weighted by atomic mass is 9.81. The van der Waals surface area contributed by atoms with Gasteiger partial charge >= 0.3 is 0 Å². The number of halogens is 1. The number of hydrogen-bond acceptors (Lipinski definition) is 4. The molecule has 1 saturated carbocycles. The van der Waals surface area contributed by atoms with Gasteiger partial charge in [-0.1, -0.05) is 0 Å². The molecule has 1 N–H and O–H groups in total. The maximum Gasteiger partial charge on any atom is 0.256 e. The fraction of sp³-hybridized carbons (Fsp3) is 0.517. The summed E-state index contributed by atoms with van der Waals surface area (Å²) in [6, 6.07) is 7.39. The van der Waals surface area contributed by atoms with E-state index in [-0.39, 0.29) is 18.6 Å². The number of aromatic nitrogens is 2. The molecule has 1 aromatic carbocycles. The molecule has 2 aliphatic rings. The molecule has 1 atom stereocenters. The normalized spacial score (nSPS) is 23.0. The van der Waals surface area contributed by atoms with Crippen LogP contribution in [0.5, 0.6) is 0 Å². The Morgan fingerprint density at radius 1 is 1.19 bits per heavy atom. The number of carbonyl (C=O) groups excluding carboxylic acids is 1. The summed E-state index contributed by atoms with van der Waals surface area (Å²) in [5.74, 6) is -0.202. The maximum atomic E-state index is 14.3. The fourth-order valence-electron chi connectivity index (χ4n) is 6.19. The van der Waals surface area contributed by atoms with E-state index in [4.69, 9.17) is 0 Å². The fourth-order valence-corrected chi connectivity index (χ4v) is 6.19. The molecule has 0 radical (unpaired) electrons. The lowest BCUT2D eigenvalue weighted by Gasteiger charge is -2.37. The van der Waals surface area contributed by atoms with Crippen molar-refractivity contribution in [3.05, 3.63) is 59.8 Å². The van der Waals surface area contributed by atoms with Crippen LogP contribution in [0.3, 0.4) is 0 Å². The molecule has 192 valence electrons. The van der Waals surface area contributed by atoms with Gasteiger partial charge in [-0.05, 0) is 94.7 Å². The summed E-state index contributed by atoms with van der Waals surface area (Å²) in [6.07, 6.45) is 12.5. The molecule has 0 unspecified atom stereocenters. The summed E-state index contributed by atoms with van der Waals surface area (Å²) in [6.45, 7) is 5.25. The Labute approximate surface area is 212 Å². The highest BCUT2D eigenvalue weighted by Gasteiger charge is 2.34. The smallest absolute Gasteiger partial charge is 0.256 e. The van der Waals surface area contributed by atoms with Crippen molar-refractivity contribution < 1.29 is 14.3 Å². The van der Waals surface area contributed by atoms with E-state index >= 15 is 0 Å². The number of rotatable bonds is 6. The average Bonchev–Trinajstić information content (AvgIpc) is 3.53. The van der Waals surface area contributed by atoms with Crippen molar-refractivity contribution in [2.24, 2.45) is 0 Å². The highest BCUT2D eigenvalue weighted by atomic mass is 19.1. The Hall–Kier alpha value is -2.77. The number of aliphatic hydroxyl groups is 1. The molecule has 7 heteroatoms. The third-order valence-electron chi connectivity index (χ3n) is 8.42. The molecular weight excluding hydrogens is 455 g/mol. The molecular formula is C29H37FN4O2. The van der Waals surface area contributed by atoms with Gasteiger partial charge in [0.2, 0.25) is 0 Å². The molecule has 2 fully saturated rings. The van der Waals surface area contributed by atoms with Crippen LogP contribution in [0.4, 0.5) is 4.39 Å². The van der Waals surface area contributed by atoms with Crippen LogP contribution in [0.2, 0.25) is 0 Å². The van der Waals surface area contributed by atoms with Gasteiger partial charge in [0, 0.05) is 43.0 Å². The Morgan fingerprint density at radius 3 is 2.69 bits per heavy atom. The second-order valence-electron chi connectivity index (χ2n) is 10.7. The SMILES string of the molecule is CC(C)N(C)C(=O)c1cc(F)ccc1-n1cc(C2CCC(N3CCC[C@@H]3CO)CC2)c2ccncc21. The molecule has 0 spiro atoms. The van der Waals surface area contributed by atoms with Crippen molar-refractivity contribution in [3.8, 4) is 5.69 Å². The molecule has 36 heavy (non-hydrogen) atoms. The van der Waals surface area contributed by atoms with Crippen LogP contribution in [-0.2, 0) is 0 Å². The number of amides is 1. The van der Waals surface area contributed by atoms with Crippen molar-refractivity contribution >= 4 is 16.8 Å². The van der Waals surface area contributed by atoms with Gasteiger partial charge in [0.25, 0.3) is 5.91 Å². The first-order valence-corrected chi connectivity index (χ1v) is 13.3. The first-order chi connectivity index (χ1) is 17.4. The van der Waals surface area contributed by atoms with E-state index in [1.54, 1.807) is 18.0 Å². The Kier molecular flexibility index (Phi) is 7.13. The maximum absolute atomic E-state index is 14.3. The number of aliphatic hydroxyl groups excluding tert-OH is 1. The molecule has 0 bridgehead atoms. The van der Waals surface area contributed by atoms with E-state index in [0.717, 1.165) is 49.6 Å². The van der Waals surface area contributed by atoms with Crippen LogP contribution in [0.25, 0.3) is 16.6 Å². The summed E-state index contributed by atoms with van der Waals surface area (Å²) in [5, 5.41) is 10.9. The first-order valence-electron chi connectivity index (χ1n) is 13.3. The monoisotopic (exact) mass is 492 g/mol. The lowest BCUT2D eigenvalue weighted by Crippen LogP contribution is -2.42. The van der Waals surface area contributed by atoms with Gasteiger partial charge in [-0.3, -0.25) is 14.7 Å². The predicted molar refractivity (Wildman–Crippen MR) is 140 cm³/mol. The van der Waals surface area contributed by atoms with Gasteiger partial charge in [0.05, 0.1) is 29.6 Å². The van der Waals surface area contributed by atoms with Gasteiger partial charge in [-0.25, -0.2) is 4.39 Å². The van der Waals surface area contributed by atoms with E-state index < -0.39 is 5.82 Å². The average molecular weight is 493 g/mol. The summed E-state index contributed by atoms with van der Waals surface area (Å²) in [5.41, 5.74) is 3.23. The molecule has 1 saturated heterocycles. The third-order valence-corrected chi connectivity index (χ3v) is 8.42. The second-order valence-corrected chi connectivity index (χ2v) is 10.7. The minimum atomic E-state index is -0.421. The zero-order valence-corrected chi connectivity index (χ0v) is 21.5. The van der Waals surface area contributed by atoms with E-state index in [0.29, 0.717) is 29.3 Å². The number of likely N-dealkylation sites (tertiary alicyclic amines) is 1. The van der Waals surface area contributed by atoms with E-state index in [2.05, 4.69) is 22.1 Å². The van der Waals surface area contributed by atoms with Crippen molar-refractivity contribution in [2.45, 2.75) is 76.4 Å². The van der Waals surface area contributed by atoms with Gasteiger partial charge in [0.15, 0.2) is 0 Å². The van der Waals surface area contributed by atoms with Gasteiger partial charge in [0.1, 0.15) is 5.82 Å². The predicted octanol–water partition coefficient (Wildman–Crippen LogP) is 5.13. The second kappa shape index (κ2) is 10.3. The molecule has 1 aliphatic heterocycles. The first kappa shape index (κ1) is 24.9. The quantitative estimate of drug-likeness (QED) is 0.518. The van der Waals surface area contributed by atoms with Gasteiger partial charge in [-0.15, -0.1) is 0 Å². The molecule has 1 aliphatic carbocycles. The lowest BCUT2D eigenvalue weighted by molar-refractivity contribution is 0.0754. The van der Waals surface area contributed by atoms with Crippen LogP contribution in [0.1, 0.15) is 74.2 Å². The van der Waals surface area contributed by atoms with E-state index in [9.17, 15) is 14.3 Å². The Morgan fingerprint density at radius 2 is 1.97 bits per heavy atom. The van der Waals surface area contributed by atoms with Crippen LogP contribution < -0.4 is 0 Å². The third kappa shape index (κ3) is 4.55. The Bertz CT molecular complexity index is 1230. The summed E-state index contributed by atoms with van der Waals surface area (Å²) < 4.78 is 16.3. The van der Waals surface area contributed by atoms with E-state index in [1.165, 1.54) is 24.1 Å². The van der Waals surface area contributed by atoms with Crippen LogP contribution in [0, 0.1) is 5.82 Å². The largest absolute Gasteiger partial charge is 0.395 e. The highest BCUT2D eigenvalue weighted by Crippen LogP contribution is 2.41. The van der Waals surface area contributed by atoms with Gasteiger partial charge in [-0.2, -0.15) is 0 Å².